The standard InChI is InChI=1S/C25H19F3N6O5/c26-25(27,28)21-18(10-34(33-21)17-5-3-14(11-35)4-6-17)30-22(36)19-13-38-23(31-19)16-7-8-29-20(9-16)32-24(37)39-12-15-1-2-15/h3-11,13,15H,1-2,12H2,(H,30,36)(H,29,32,37). The van der Waals surface area contributed by atoms with Gasteiger partial charge in [-0.1, -0.05) is 0 Å². The van der Waals surface area contributed by atoms with E-state index in [1.165, 1.54) is 42.6 Å². The van der Waals surface area contributed by atoms with Gasteiger partial charge < -0.3 is 14.5 Å². The minimum Gasteiger partial charge on any atom is -0.449 e. The Balaban J connectivity index is 1.31. The summed E-state index contributed by atoms with van der Waals surface area (Å²) in [6, 6.07) is 8.62. The van der Waals surface area contributed by atoms with Crippen LogP contribution in [0.1, 0.15) is 39.4 Å². The van der Waals surface area contributed by atoms with Crippen LogP contribution in [-0.4, -0.2) is 44.6 Å². The maximum atomic E-state index is 13.6. The molecular weight excluding hydrogens is 521 g/mol. The van der Waals surface area contributed by atoms with Crippen LogP contribution in [0.25, 0.3) is 17.1 Å². The van der Waals surface area contributed by atoms with Gasteiger partial charge in [0.25, 0.3) is 5.91 Å². The summed E-state index contributed by atoms with van der Waals surface area (Å²) >= 11 is 0. The molecule has 5 rings (SSSR count). The quantitative estimate of drug-likeness (QED) is 0.299. The van der Waals surface area contributed by atoms with Crippen molar-refractivity contribution in [2.24, 2.45) is 5.92 Å². The van der Waals surface area contributed by atoms with Crippen molar-refractivity contribution in [3.05, 3.63) is 72.0 Å². The van der Waals surface area contributed by atoms with Crippen LogP contribution < -0.4 is 10.6 Å². The fourth-order valence-electron chi connectivity index (χ4n) is 3.46. The van der Waals surface area contributed by atoms with Crippen molar-refractivity contribution < 1.29 is 36.7 Å². The monoisotopic (exact) mass is 540 g/mol. The van der Waals surface area contributed by atoms with Gasteiger partial charge in [-0.05, 0) is 55.2 Å². The summed E-state index contributed by atoms with van der Waals surface area (Å²) in [4.78, 5) is 43.6. The number of rotatable bonds is 8. The Bertz CT molecular complexity index is 1530. The van der Waals surface area contributed by atoms with Crippen molar-refractivity contribution >= 4 is 29.8 Å². The third kappa shape index (κ3) is 6.11. The van der Waals surface area contributed by atoms with E-state index in [-0.39, 0.29) is 23.1 Å². The van der Waals surface area contributed by atoms with E-state index in [9.17, 15) is 27.6 Å². The van der Waals surface area contributed by atoms with Crippen molar-refractivity contribution in [1.82, 2.24) is 19.7 Å². The van der Waals surface area contributed by atoms with E-state index in [2.05, 4.69) is 25.7 Å². The van der Waals surface area contributed by atoms with E-state index in [1.54, 1.807) is 0 Å². The van der Waals surface area contributed by atoms with Crippen LogP contribution in [0.5, 0.6) is 0 Å². The Morgan fingerprint density at radius 3 is 2.62 bits per heavy atom. The van der Waals surface area contributed by atoms with Crippen molar-refractivity contribution in [3.63, 3.8) is 0 Å². The second kappa shape index (κ2) is 10.4. The number of pyridine rings is 1. The molecule has 1 aromatic carbocycles. The topological polar surface area (TPSA) is 141 Å². The summed E-state index contributed by atoms with van der Waals surface area (Å²) in [6.07, 6.45) is 0.471. The summed E-state index contributed by atoms with van der Waals surface area (Å²) in [7, 11) is 0. The number of anilines is 2. The molecule has 0 bridgehead atoms. The molecule has 2 N–H and O–H groups in total. The van der Waals surface area contributed by atoms with Crippen LogP contribution in [0.15, 0.2) is 59.5 Å². The van der Waals surface area contributed by atoms with Crippen LogP contribution >= 0.6 is 0 Å². The minimum atomic E-state index is -4.87. The molecule has 2 amide bonds. The highest BCUT2D eigenvalue weighted by atomic mass is 19.4. The number of ether oxygens (including phenoxy) is 1. The molecule has 39 heavy (non-hydrogen) atoms. The van der Waals surface area contributed by atoms with Gasteiger partial charge in [0.1, 0.15) is 18.4 Å². The largest absolute Gasteiger partial charge is 0.449 e. The summed E-state index contributed by atoms with van der Waals surface area (Å²) in [5, 5.41) is 8.21. The Hall–Kier alpha value is -5.01. The number of amides is 2. The zero-order valence-corrected chi connectivity index (χ0v) is 19.9. The van der Waals surface area contributed by atoms with Gasteiger partial charge in [-0.3, -0.25) is 14.9 Å². The molecule has 0 unspecified atom stereocenters. The predicted molar refractivity (Wildman–Crippen MR) is 129 cm³/mol. The molecule has 0 radical (unpaired) electrons. The van der Waals surface area contributed by atoms with Gasteiger partial charge in [0.05, 0.1) is 24.2 Å². The molecule has 1 fully saturated rings. The predicted octanol–water partition coefficient (Wildman–Crippen LogP) is 4.96. The maximum absolute atomic E-state index is 13.6. The number of hydrogen-bond acceptors (Lipinski definition) is 8. The number of carbonyl (C=O) groups excluding carboxylic acids is 3. The molecule has 0 aliphatic heterocycles. The lowest BCUT2D eigenvalue weighted by Gasteiger charge is -2.06. The lowest BCUT2D eigenvalue weighted by atomic mass is 10.2. The maximum Gasteiger partial charge on any atom is 0.437 e. The molecule has 1 saturated carbocycles. The first-order valence-electron chi connectivity index (χ1n) is 11.6. The number of aromatic nitrogens is 4. The average molecular weight is 540 g/mol. The molecule has 1 aliphatic carbocycles. The molecule has 4 aromatic rings. The van der Waals surface area contributed by atoms with Gasteiger partial charge in [-0.15, -0.1) is 0 Å². The van der Waals surface area contributed by atoms with Gasteiger partial charge in [0, 0.05) is 17.3 Å². The second-order valence-corrected chi connectivity index (χ2v) is 8.63. The van der Waals surface area contributed by atoms with Gasteiger partial charge in [-0.2, -0.15) is 18.3 Å². The number of carbonyl (C=O) groups is 3. The van der Waals surface area contributed by atoms with Crippen LogP contribution in [0.2, 0.25) is 0 Å². The molecule has 11 nitrogen and oxygen atoms in total. The normalized spacial score (nSPS) is 13.1. The number of alkyl halides is 3. The SMILES string of the molecule is O=Cc1ccc(-n2cc(NC(=O)c3coc(-c4ccnc(NC(=O)OCC5CC5)c4)n3)c(C(F)(F)F)n2)cc1. The summed E-state index contributed by atoms with van der Waals surface area (Å²) in [5.74, 6) is -0.453. The highest BCUT2D eigenvalue weighted by Crippen LogP contribution is 2.34. The second-order valence-electron chi connectivity index (χ2n) is 8.63. The highest BCUT2D eigenvalue weighted by Gasteiger charge is 2.38. The first-order valence-corrected chi connectivity index (χ1v) is 11.6. The molecule has 200 valence electrons. The number of nitrogens with zero attached hydrogens (tertiary/aromatic N) is 4. The fourth-order valence-corrected chi connectivity index (χ4v) is 3.46. The Labute approximate surface area is 218 Å². The van der Waals surface area contributed by atoms with E-state index >= 15 is 0 Å². The van der Waals surface area contributed by atoms with E-state index in [0.29, 0.717) is 29.9 Å². The first-order chi connectivity index (χ1) is 18.7. The number of hydrogen-bond donors (Lipinski definition) is 2. The van der Waals surface area contributed by atoms with E-state index in [4.69, 9.17) is 9.15 Å². The van der Waals surface area contributed by atoms with E-state index in [1.807, 2.05) is 0 Å². The van der Waals surface area contributed by atoms with Gasteiger partial charge in [0.2, 0.25) is 5.89 Å². The molecule has 0 spiro atoms. The summed E-state index contributed by atoms with van der Waals surface area (Å²) in [6.45, 7) is 0.325. The molecule has 0 saturated heterocycles. The molecule has 0 atom stereocenters. The molecule has 1 aliphatic rings. The zero-order chi connectivity index (χ0) is 27.6. The zero-order valence-electron chi connectivity index (χ0n) is 19.9. The molecular formula is C25H19F3N6O5. The third-order valence-electron chi connectivity index (χ3n) is 5.65. The number of halogens is 3. The van der Waals surface area contributed by atoms with Crippen LogP contribution in [0, 0.1) is 5.92 Å². The Morgan fingerprint density at radius 2 is 1.92 bits per heavy atom. The molecule has 3 heterocycles. The number of aldehydes is 1. The van der Waals surface area contributed by atoms with Crippen LogP contribution in [0.4, 0.5) is 29.5 Å². The average Bonchev–Trinajstić information content (AvgIpc) is 3.42. The Kier molecular flexibility index (Phi) is 6.83. The lowest BCUT2D eigenvalue weighted by molar-refractivity contribution is -0.140. The van der Waals surface area contributed by atoms with E-state index in [0.717, 1.165) is 30.0 Å². The number of oxazole rings is 1. The number of benzene rings is 1. The lowest BCUT2D eigenvalue weighted by Crippen LogP contribution is -2.16. The Morgan fingerprint density at radius 1 is 1.15 bits per heavy atom. The van der Waals surface area contributed by atoms with Crippen molar-refractivity contribution in [1.29, 1.82) is 0 Å². The third-order valence-corrected chi connectivity index (χ3v) is 5.65. The number of nitrogens with one attached hydrogen (secondary N) is 2. The molecule has 14 heteroatoms. The van der Waals surface area contributed by atoms with E-state index < -0.39 is 29.6 Å². The first kappa shape index (κ1) is 25.6. The van der Waals surface area contributed by atoms with Gasteiger partial charge >= 0.3 is 12.3 Å². The fraction of sp³-hybridized carbons (Fsp3) is 0.200. The van der Waals surface area contributed by atoms with Crippen molar-refractivity contribution in [2.45, 2.75) is 19.0 Å². The minimum absolute atomic E-state index is 0.0287. The van der Waals surface area contributed by atoms with Crippen molar-refractivity contribution in [3.8, 4) is 17.1 Å². The smallest absolute Gasteiger partial charge is 0.437 e. The van der Waals surface area contributed by atoms with Crippen LogP contribution in [-0.2, 0) is 10.9 Å². The van der Waals surface area contributed by atoms with Gasteiger partial charge in [0.15, 0.2) is 11.4 Å². The summed E-state index contributed by atoms with van der Waals surface area (Å²) in [5.41, 5.74) is -1.29. The van der Waals surface area contributed by atoms with Gasteiger partial charge in [-0.25, -0.2) is 19.4 Å². The highest BCUT2D eigenvalue weighted by molar-refractivity contribution is 6.03. The van der Waals surface area contributed by atoms with Crippen LogP contribution in [0.3, 0.4) is 0 Å². The molecule has 3 aromatic heterocycles. The van der Waals surface area contributed by atoms with Crippen molar-refractivity contribution in [2.75, 3.05) is 17.2 Å². The summed E-state index contributed by atoms with van der Waals surface area (Å²) < 4.78 is 52.3.